The van der Waals surface area contributed by atoms with Crippen LogP contribution >= 0.6 is 11.6 Å². The average Bonchev–Trinajstić information content (AvgIpc) is 2.67. The molecule has 6 heteroatoms. The lowest BCUT2D eigenvalue weighted by atomic mass is 10.1. The minimum Gasteiger partial charge on any atom is -0.379 e. The lowest BCUT2D eigenvalue weighted by Gasteiger charge is -2.07. The fourth-order valence-electron chi connectivity index (χ4n) is 2.39. The molecule has 4 nitrogen and oxygen atoms in total. The molecule has 0 N–H and O–H groups in total. The molecule has 138 valence electrons. The maximum Gasteiger partial charge on any atom is 0.339 e. The third-order valence-electron chi connectivity index (χ3n) is 3.87. The predicted octanol–water partition coefficient (Wildman–Crippen LogP) is 5.42. The van der Waals surface area contributed by atoms with Crippen LogP contribution in [0.1, 0.15) is 18.1 Å². The zero-order valence-corrected chi connectivity index (χ0v) is 16.2. The molecule has 0 saturated carbocycles. The van der Waals surface area contributed by atoms with Gasteiger partial charge in [0.15, 0.2) is 0 Å². The maximum atomic E-state index is 12.4. The Morgan fingerprint density at radius 1 is 1.00 bits per heavy atom. The summed E-state index contributed by atoms with van der Waals surface area (Å²) in [5, 5.41) is 0.458. The van der Waals surface area contributed by atoms with Crippen molar-refractivity contribution < 1.29 is 12.6 Å². The van der Waals surface area contributed by atoms with E-state index in [9.17, 15) is 8.42 Å². The quantitative estimate of drug-likeness (QED) is 0.410. The molecular formula is C21H18ClNO3S. The van der Waals surface area contributed by atoms with E-state index in [-0.39, 0.29) is 10.6 Å². The summed E-state index contributed by atoms with van der Waals surface area (Å²) < 4.78 is 29.9. The van der Waals surface area contributed by atoms with Crippen LogP contribution in [0.3, 0.4) is 0 Å². The first-order valence-electron chi connectivity index (χ1n) is 8.39. The largest absolute Gasteiger partial charge is 0.379 e. The fourth-order valence-corrected chi connectivity index (χ4v) is 3.44. The van der Waals surface area contributed by atoms with Crippen LogP contribution in [0.4, 0.5) is 5.69 Å². The van der Waals surface area contributed by atoms with Crippen molar-refractivity contribution in [3.63, 3.8) is 0 Å². The molecule has 0 unspecified atom stereocenters. The predicted molar refractivity (Wildman–Crippen MR) is 109 cm³/mol. The lowest BCUT2D eigenvalue weighted by Crippen LogP contribution is -2.09. The van der Waals surface area contributed by atoms with Crippen LogP contribution in [0.5, 0.6) is 5.75 Å². The highest BCUT2D eigenvalue weighted by molar-refractivity contribution is 7.87. The van der Waals surface area contributed by atoms with Gasteiger partial charge in [-0.1, -0.05) is 42.8 Å². The Bertz CT molecular complexity index is 1040. The Morgan fingerprint density at radius 2 is 1.70 bits per heavy atom. The molecule has 0 spiro atoms. The standard InChI is InChI=1S/C21H18ClNO3S/c1-2-16-6-10-19(11-7-16)23-15-17-4-3-5-20(14-17)26-27(24,25)21-12-8-18(22)9-13-21/h3-15H,2H2,1H3. The Labute approximate surface area is 164 Å². The van der Waals surface area contributed by atoms with E-state index in [0.29, 0.717) is 5.02 Å². The van der Waals surface area contributed by atoms with Gasteiger partial charge in [-0.2, -0.15) is 8.42 Å². The highest BCUT2D eigenvalue weighted by atomic mass is 35.5. The molecule has 0 aromatic heterocycles. The van der Waals surface area contributed by atoms with E-state index < -0.39 is 10.1 Å². The van der Waals surface area contributed by atoms with Gasteiger partial charge in [-0.05, 0) is 66.1 Å². The second-order valence-corrected chi connectivity index (χ2v) is 7.82. The number of nitrogens with zero attached hydrogens (tertiary/aromatic N) is 1. The topological polar surface area (TPSA) is 55.7 Å². The van der Waals surface area contributed by atoms with Gasteiger partial charge >= 0.3 is 10.1 Å². The van der Waals surface area contributed by atoms with Gasteiger partial charge in [-0.3, -0.25) is 4.99 Å². The normalized spacial score (nSPS) is 11.6. The van der Waals surface area contributed by atoms with E-state index >= 15 is 0 Å². The Hall–Kier alpha value is -2.63. The molecule has 0 aliphatic carbocycles. The van der Waals surface area contributed by atoms with Gasteiger partial charge in [0.1, 0.15) is 10.6 Å². The van der Waals surface area contributed by atoms with Gasteiger partial charge in [0.25, 0.3) is 0 Å². The van der Waals surface area contributed by atoms with Crippen molar-refractivity contribution in [3.05, 3.63) is 88.9 Å². The highest BCUT2D eigenvalue weighted by Crippen LogP contribution is 2.21. The zero-order valence-electron chi connectivity index (χ0n) is 14.7. The summed E-state index contributed by atoms with van der Waals surface area (Å²) in [6.45, 7) is 2.10. The van der Waals surface area contributed by atoms with Crippen LogP contribution in [0.2, 0.25) is 5.02 Å². The van der Waals surface area contributed by atoms with Crippen molar-refractivity contribution in [2.24, 2.45) is 4.99 Å². The second kappa shape index (κ2) is 8.37. The van der Waals surface area contributed by atoms with Crippen molar-refractivity contribution in [2.75, 3.05) is 0 Å². The van der Waals surface area contributed by atoms with Crippen LogP contribution in [0.15, 0.2) is 82.7 Å². The first-order chi connectivity index (χ1) is 13.0. The van der Waals surface area contributed by atoms with Gasteiger partial charge in [0.2, 0.25) is 0 Å². The van der Waals surface area contributed by atoms with E-state index in [1.54, 1.807) is 24.4 Å². The minimum absolute atomic E-state index is 0.0435. The Balaban J connectivity index is 1.76. The molecule has 0 heterocycles. The SMILES string of the molecule is CCc1ccc(N=Cc2cccc(OS(=O)(=O)c3ccc(Cl)cc3)c2)cc1. The number of halogens is 1. The molecule has 0 aliphatic heterocycles. The number of rotatable bonds is 6. The van der Waals surface area contributed by atoms with Crippen molar-refractivity contribution in [3.8, 4) is 5.75 Å². The third kappa shape index (κ3) is 5.18. The molecule has 27 heavy (non-hydrogen) atoms. The summed E-state index contributed by atoms with van der Waals surface area (Å²) in [5.41, 5.74) is 2.81. The summed E-state index contributed by atoms with van der Waals surface area (Å²) in [6, 6.07) is 20.5. The van der Waals surface area contributed by atoms with Gasteiger partial charge in [-0.15, -0.1) is 0 Å². The molecule has 0 bridgehead atoms. The third-order valence-corrected chi connectivity index (χ3v) is 5.39. The Morgan fingerprint density at radius 3 is 2.37 bits per heavy atom. The van der Waals surface area contributed by atoms with E-state index in [2.05, 4.69) is 11.9 Å². The average molecular weight is 400 g/mol. The van der Waals surface area contributed by atoms with Crippen LogP contribution in [-0.2, 0) is 16.5 Å². The molecule has 0 saturated heterocycles. The summed E-state index contributed by atoms with van der Waals surface area (Å²) in [7, 11) is -3.92. The van der Waals surface area contributed by atoms with Crippen molar-refractivity contribution in [1.29, 1.82) is 0 Å². The summed E-state index contributed by atoms with van der Waals surface area (Å²) >= 11 is 5.79. The van der Waals surface area contributed by atoms with E-state index in [1.165, 1.54) is 29.8 Å². The zero-order chi connectivity index (χ0) is 19.3. The van der Waals surface area contributed by atoms with Crippen LogP contribution in [0.25, 0.3) is 0 Å². The molecule has 0 amide bonds. The summed E-state index contributed by atoms with van der Waals surface area (Å²) in [4.78, 5) is 4.46. The first kappa shape index (κ1) is 19.1. The molecule has 0 atom stereocenters. The molecule has 3 rings (SSSR count). The van der Waals surface area contributed by atoms with Gasteiger partial charge in [0.05, 0.1) is 5.69 Å². The monoisotopic (exact) mass is 399 g/mol. The summed E-state index contributed by atoms with van der Waals surface area (Å²) in [6.07, 6.45) is 2.65. The number of hydrogen-bond acceptors (Lipinski definition) is 4. The first-order valence-corrected chi connectivity index (χ1v) is 10.2. The molecule has 3 aromatic rings. The van der Waals surface area contributed by atoms with E-state index in [1.807, 2.05) is 30.3 Å². The molecule has 0 aliphatic rings. The Kier molecular flexibility index (Phi) is 5.94. The van der Waals surface area contributed by atoms with Crippen LogP contribution < -0.4 is 4.18 Å². The molecule has 3 aromatic carbocycles. The van der Waals surface area contributed by atoms with Crippen molar-refractivity contribution in [1.82, 2.24) is 0 Å². The second-order valence-electron chi connectivity index (χ2n) is 5.84. The number of aryl methyl sites for hydroxylation is 1. The number of aliphatic imine (C=N–C) groups is 1. The maximum absolute atomic E-state index is 12.4. The van der Waals surface area contributed by atoms with Crippen molar-refractivity contribution >= 4 is 33.6 Å². The van der Waals surface area contributed by atoms with Crippen LogP contribution in [0, 0.1) is 0 Å². The highest BCUT2D eigenvalue weighted by Gasteiger charge is 2.16. The van der Waals surface area contributed by atoms with Gasteiger partial charge in [-0.25, -0.2) is 0 Å². The summed E-state index contributed by atoms with van der Waals surface area (Å²) in [5.74, 6) is 0.218. The molecular weight excluding hydrogens is 382 g/mol. The number of benzene rings is 3. The number of hydrogen-bond donors (Lipinski definition) is 0. The van der Waals surface area contributed by atoms with E-state index in [0.717, 1.165) is 17.7 Å². The fraction of sp³-hybridized carbons (Fsp3) is 0.0952. The smallest absolute Gasteiger partial charge is 0.339 e. The molecule has 0 radical (unpaired) electrons. The van der Waals surface area contributed by atoms with Gasteiger partial charge in [0, 0.05) is 11.2 Å². The van der Waals surface area contributed by atoms with Gasteiger partial charge < -0.3 is 4.18 Å². The van der Waals surface area contributed by atoms with Crippen molar-refractivity contribution in [2.45, 2.75) is 18.2 Å². The molecule has 0 fully saturated rings. The van der Waals surface area contributed by atoms with E-state index in [4.69, 9.17) is 15.8 Å². The lowest BCUT2D eigenvalue weighted by molar-refractivity contribution is 0.486. The minimum atomic E-state index is -3.92. The van der Waals surface area contributed by atoms with Crippen LogP contribution in [-0.4, -0.2) is 14.6 Å².